The van der Waals surface area contributed by atoms with Gasteiger partial charge < -0.3 is 10.0 Å². The van der Waals surface area contributed by atoms with Crippen molar-refractivity contribution in [1.82, 2.24) is 9.80 Å². The molecule has 5 nitrogen and oxygen atoms in total. The van der Waals surface area contributed by atoms with Crippen molar-refractivity contribution in [1.29, 1.82) is 0 Å². The lowest BCUT2D eigenvalue weighted by Gasteiger charge is -2.30. The largest absolute Gasteiger partial charge is 0.480 e. The Morgan fingerprint density at radius 1 is 1.40 bits per heavy atom. The van der Waals surface area contributed by atoms with E-state index in [2.05, 4.69) is 0 Å². The average Bonchev–Trinajstić information content (AvgIpc) is 2.81. The summed E-state index contributed by atoms with van der Waals surface area (Å²) in [6.07, 6.45) is 0. The second kappa shape index (κ2) is 6.17. The number of nitrogens with zero attached hydrogens (tertiary/aromatic N) is 2. The third-order valence-electron chi connectivity index (χ3n) is 3.32. The minimum atomic E-state index is -0.941. The maximum Gasteiger partial charge on any atom is 0.327 e. The van der Waals surface area contributed by atoms with Gasteiger partial charge in [0.25, 0.3) is 0 Å². The highest BCUT2D eigenvalue weighted by Gasteiger charge is 2.40. The molecule has 1 heterocycles. The van der Waals surface area contributed by atoms with E-state index in [0.29, 0.717) is 12.3 Å². The number of amides is 2. The van der Waals surface area contributed by atoms with Gasteiger partial charge in [-0.1, -0.05) is 30.3 Å². The highest BCUT2D eigenvalue weighted by Crippen LogP contribution is 2.29. The molecule has 1 N–H and O–H groups in total. The van der Waals surface area contributed by atoms with Crippen LogP contribution < -0.4 is 0 Å². The molecule has 0 aliphatic carbocycles. The van der Waals surface area contributed by atoms with E-state index in [1.807, 2.05) is 37.3 Å². The normalized spacial score (nSPS) is 21.8. The molecule has 1 aromatic rings. The molecule has 0 aromatic heterocycles. The minimum absolute atomic E-state index is 0.109. The number of benzene rings is 1. The molecule has 1 fully saturated rings. The van der Waals surface area contributed by atoms with Crippen molar-refractivity contribution in [3.05, 3.63) is 35.9 Å². The lowest BCUT2D eigenvalue weighted by molar-refractivity contribution is -0.141. The van der Waals surface area contributed by atoms with E-state index >= 15 is 0 Å². The van der Waals surface area contributed by atoms with Gasteiger partial charge in [-0.15, -0.1) is 11.8 Å². The quantitative estimate of drug-likeness (QED) is 0.927. The molecule has 0 saturated carbocycles. The summed E-state index contributed by atoms with van der Waals surface area (Å²) in [5.41, 5.74) is 1.02. The van der Waals surface area contributed by atoms with Crippen molar-refractivity contribution in [2.24, 2.45) is 0 Å². The van der Waals surface area contributed by atoms with Crippen molar-refractivity contribution in [3.63, 3.8) is 0 Å². The Bertz CT molecular complexity index is 494. The number of carboxylic acid groups (broad SMARTS) is 1. The number of carbonyl (C=O) groups excluding carboxylic acids is 1. The van der Waals surface area contributed by atoms with Gasteiger partial charge in [0.1, 0.15) is 6.04 Å². The van der Waals surface area contributed by atoms with Gasteiger partial charge in [-0.3, -0.25) is 4.90 Å². The first-order valence-corrected chi connectivity index (χ1v) is 7.47. The van der Waals surface area contributed by atoms with Crippen LogP contribution in [-0.4, -0.2) is 51.1 Å². The first-order chi connectivity index (χ1) is 9.50. The van der Waals surface area contributed by atoms with Crippen molar-refractivity contribution in [2.75, 3.05) is 12.8 Å². The van der Waals surface area contributed by atoms with Crippen molar-refractivity contribution in [2.45, 2.75) is 24.9 Å². The van der Waals surface area contributed by atoms with Gasteiger partial charge in [-0.25, -0.2) is 9.59 Å². The summed E-state index contributed by atoms with van der Waals surface area (Å²) in [5.74, 6) is -0.496. The zero-order valence-electron chi connectivity index (χ0n) is 11.5. The molecule has 6 heteroatoms. The molecule has 2 atom stereocenters. The van der Waals surface area contributed by atoms with Crippen LogP contribution in [0.1, 0.15) is 12.5 Å². The fraction of sp³-hybridized carbons (Fsp3) is 0.429. The van der Waals surface area contributed by atoms with Crippen LogP contribution in [0.2, 0.25) is 0 Å². The number of rotatable bonds is 3. The van der Waals surface area contributed by atoms with Crippen LogP contribution in [-0.2, 0) is 11.3 Å². The SMILES string of the molecule is CC1SCC(C(=O)O)N1C(=O)N(C)Cc1ccccc1. The van der Waals surface area contributed by atoms with E-state index in [-0.39, 0.29) is 11.4 Å². The van der Waals surface area contributed by atoms with Crippen LogP contribution in [0.5, 0.6) is 0 Å². The Labute approximate surface area is 122 Å². The predicted molar refractivity (Wildman–Crippen MR) is 78.5 cm³/mol. The maximum atomic E-state index is 12.5. The fourth-order valence-corrected chi connectivity index (χ4v) is 3.41. The number of hydrogen-bond acceptors (Lipinski definition) is 3. The number of thioether (sulfide) groups is 1. The third-order valence-corrected chi connectivity index (χ3v) is 4.54. The van der Waals surface area contributed by atoms with E-state index in [1.165, 1.54) is 16.7 Å². The molecule has 0 spiro atoms. The molecule has 0 radical (unpaired) electrons. The topological polar surface area (TPSA) is 60.9 Å². The van der Waals surface area contributed by atoms with Gasteiger partial charge in [0.15, 0.2) is 0 Å². The first-order valence-electron chi connectivity index (χ1n) is 6.42. The molecule has 0 bridgehead atoms. The van der Waals surface area contributed by atoms with Gasteiger partial charge in [-0.05, 0) is 12.5 Å². The molecular formula is C14H18N2O3S. The standard InChI is InChI=1S/C14H18N2O3S/c1-10-16(12(9-20-10)13(17)18)14(19)15(2)8-11-6-4-3-5-7-11/h3-7,10,12H,8-9H2,1-2H3,(H,17,18). The van der Waals surface area contributed by atoms with Gasteiger partial charge >= 0.3 is 12.0 Å². The van der Waals surface area contributed by atoms with Crippen molar-refractivity contribution < 1.29 is 14.7 Å². The Morgan fingerprint density at radius 2 is 2.05 bits per heavy atom. The molecule has 1 aromatic carbocycles. The van der Waals surface area contributed by atoms with Gasteiger partial charge in [0.05, 0.1) is 5.37 Å². The van der Waals surface area contributed by atoms with Gasteiger partial charge in [-0.2, -0.15) is 0 Å². The fourth-order valence-electron chi connectivity index (χ4n) is 2.25. The average molecular weight is 294 g/mol. The van der Waals surface area contributed by atoms with Gasteiger partial charge in [0.2, 0.25) is 0 Å². The Kier molecular flexibility index (Phi) is 4.54. The van der Waals surface area contributed by atoms with Crippen LogP contribution in [0.4, 0.5) is 4.79 Å². The number of hydrogen-bond donors (Lipinski definition) is 1. The highest BCUT2D eigenvalue weighted by molar-refractivity contribution is 8.00. The zero-order valence-corrected chi connectivity index (χ0v) is 12.3. The molecule has 2 rings (SSSR count). The molecule has 1 saturated heterocycles. The molecule has 2 amide bonds. The van der Waals surface area contributed by atoms with Gasteiger partial charge in [0, 0.05) is 19.3 Å². The summed E-state index contributed by atoms with van der Waals surface area (Å²) in [5, 5.41) is 9.09. The van der Waals surface area contributed by atoms with Crippen molar-refractivity contribution >= 4 is 23.8 Å². The lowest BCUT2D eigenvalue weighted by Crippen LogP contribution is -2.49. The van der Waals surface area contributed by atoms with Crippen LogP contribution in [0.25, 0.3) is 0 Å². The molecule has 20 heavy (non-hydrogen) atoms. The summed E-state index contributed by atoms with van der Waals surface area (Å²) >= 11 is 1.49. The van der Waals surface area contributed by atoms with Crippen LogP contribution in [0.3, 0.4) is 0 Å². The second-order valence-electron chi connectivity index (χ2n) is 4.82. The zero-order chi connectivity index (χ0) is 14.7. The molecular weight excluding hydrogens is 276 g/mol. The number of aliphatic carboxylic acids is 1. The van der Waals surface area contributed by atoms with E-state index in [0.717, 1.165) is 5.56 Å². The number of carboxylic acids is 1. The second-order valence-corrected chi connectivity index (χ2v) is 6.17. The molecule has 108 valence electrons. The first kappa shape index (κ1) is 14.7. The minimum Gasteiger partial charge on any atom is -0.480 e. The smallest absolute Gasteiger partial charge is 0.327 e. The van der Waals surface area contributed by atoms with E-state index in [1.54, 1.807) is 11.9 Å². The Morgan fingerprint density at radius 3 is 2.65 bits per heavy atom. The molecule has 1 aliphatic heterocycles. The highest BCUT2D eigenvalue weighted by atomic mass is 32.2. The lowest BCUT2D eigenvalue weighted by atomic mass is 10.2. The number of carbonyl (C=O) groups is 2. The van der Waals surface area contributed by atoms with E-state index in [9.17, 15) is 14.7 Å². The Hall–Kier alpha value is -1.69. The Balaban J connectivity index is 2.07. The van der Waals surface area contributed by atoms with Crippen molar-refractivity contribution in [3.8, 4) is 0 Å². The summed E-state index contributed by atoms with van der Waals surface area (Å²) in [6.45, 7) is 2.34. The van der Waals surface area contributed by atoms with E-state index < -0.39 is 12.0 Å². The van der Waals surface area contributed by atoms with Crippen LogP contribution >= 0.6 is 11.8 Å². The third kappa shape index (κ3) is 3.07. The summed E-state index contributed by atoms with van der Waals surface area (Å²) in [6, 6.07) is 8.68. The monoisotopic (exact) mass is 294 g/mol. The molecule has 1 aliphatic rings. The maximum absolute atomic E-state index is 12.5. The predicted octanol–water partition coefficient (Wildman–Crippen LogP) is 2.09. The van der Waals surface area contributed by atoms with Crippen LogP contribution in [0, 0.1) is 0 Å². The molecule has 2 unspecified atom stereocenters. The summed E-state index contributed by atoms with van der Waals surface area (Å²) < 4.78 is 0. The van der Waals surface area contributed by atoms with E-state index in [4.69, 9.17) is 0 Å². The summed E-state index contributed by atoms with van der Waals surface area (Å²) in [4.78, 5) is 26.7. The summed E-state index contributed by atoms with van der Waals surface area (Å²) in [7, 11) is 1.70. The number of urea groups is 1. The van der Waals surface area contributed by atoms with Crippen LogP contribution in [0.15, 0.2) is 30.3 Å².